The summed E-state index contributed by atoms with van der Waals surface area (Å²) >= 11 is 0. The summed E-state index contributed by atoms with van der Waals surface area (Å²) in [4.78, 5) is 21.6. The number of carbonyl (C=O) groups is 2. The van der Waals surface area contributed by atoms with Crippen molar-refractivity contribution in [1.29, 1.82) is 0 Å². The molecule has 1 aromatic carbocycles. The lowest BCUT2D eigenvalue weighted by molar-refractivity contribution is -0.154. The quantitative estimate of drug-likeness (QED) is 0.726. The first-order chi connectivity index (χ1) is 8.99. The topological polar surface area (TPSA) is 93.1 Å². The van der Waals surface area contributed by atoms with Crippen molar-refractivity contribution >= 4 is 11.9 Å². The van der Waals surface area contributed by atoms with Gasteiger partial charge in [0, 0.05) is 0 Å². The Hall–Kier alpha value is -2.24. The highest BCUT2D eigenvalue weighted by Crippen LogP contribution is 2.26. The van der Waals surface area contributed by atoms with Crippen molar-refractivity contribution in [3.8, 4) is 11.5 Å². The molecule has 1 aromatic rings. The molecule has 0 aliphatic heterocycles. The number of carboxylic acids is 2. The van der Waals surface area contributed by atoms with Gasteiger partial charge in [-0.3, -0.25) is 9.59 Å². The van der Waals surface area contributed by atoms with Crippen LogP contribution >= 0.6 is 0 Å². The van der Waals surface area contributed by atoms with E-state index in [1.165, 1.54) is 14.2 Å². The minimum Gasteiger partial charge on any atom is -0.497 e. The SMILES string of the molecule is COc1ccc(OC)c(CCC(C(=O)O)C(=O)O)c1. The van der Waals surface area contributed by atoms with Crippen LogP contribution in [-0.2, 0) is 16.0 Å². The van der Waals surface area contributed by atoms with Crippen molar-refractivity contribution < 1.29 is 29.3 Å². The van der Waals surface area contributed by atoms with E-state index in [1.807, 2.05) is 0 Å². The van der Waals surface area contributed by atoms with Gasteiger partial charge in [-0.2, -0.15) is 0 Å². The van der Waals surface area contributed by atoms with Crippen LogP contribution in [0.2, 0.25) is 0 Å². The van der Waals surface area contributed by atoms with Crippen LogP contribution in [-0.4, -0.2) is 36.4 Å². The Morgan fingerprint density at radius 3 is 2.26 bits per heavy atom. The Kier molecular flexibility index (Phi) is 5.17. The summed E-state index contributed by atoms with van der Waals surface area (Å²) < 4.78 is 10.2. The summed E-state index contributed by atoms with van der Waals surface area (Å²) in [5, 5.41) is 17.6. The van der Waals surface area contributed by atoms with E-state index in [-0.39, 0.29) is 12.8 Å². The Bertz CT molecular complexity index is 454. The maximum Gasteiger partial charge on any atom is 0.317 e. The average Bonchev–Trinajstić information content (AvgIpc) is 2.37. The van der Waals surface area contributed by atoms with Crippen molar-refractivity contribution in [3.63, 3.8) is 0 Å². The minimum atomic E-state index is -1.42. The standard InChI is InChI=1S/C13H16O6/c1-18-9-4-6-11(19-2)8(7-9)3-5-10(12(14)15)13(16)17/h4,6-7,10H,3,5H2,1-2H3,(H,14,15)(H,16,17). The fourth-order valence-electron chi connectivity index (χ4n) is 1.73. The molecule has 0 aliphatic rings. The molecule has 0 unspecified atom stereocenters. The highest BCUT2D eigenvalue weighted by atomic mass is 16.5. The lowest BCUT2D eigenvalue weighted by atomic mass is 9.99. The van der Waals surface area contributed by atoms with Gasteiger partial charge in [0.05, 0.1) is 14.2 Å². The van der Waals surface area contributed by atoms with Gasteiger partial charge in [0.25, 0.3) is 0 Å². The molecule has 104 valence electrons. The van der Waals surface area contributed by atoms with Crippen LogP contribution in [0.4, 0.5) is 0 Å². The van der Waals surface area contributed by atoms with Crippen LogP contribution in [0.3, 0.4) is 0 Å². The third-order valence-corrected chi connectivity index (χ3v) is 2.79. The van der Waals surface area contributed by atoms with Gasteiger partial charge in [-0.05, 0) is 36.6 Å². The molecule has 0 fully saturated rings. The van der Waals surface area contributed by atoms with Crippen LogP contribution in [0.1, 0.15) is 12.0 Å². The largest absolute Gasteiger partial charge is 0.497 e. The van der Waals surface area contributed by atoms with Crippen LogP contribution in [0.15, 0.2) is 18.2 Å². The molecule has 6 nitrogen and oxygen atoms in total. The number of ether oxygens (including phenoxy) is 2. The number of methoxy groups -OCH3 is 2. The predicted molar refractivity (Wildman–Crippen MR) is 66.6 cm³/mol. The van der Waals surface area contributed by atoms with Crippen molar-refractivity contribution in [2.24, 2.45) is 5.92 Å². The van der Waals surface area contributed by atoms with E-state index in [0.29, 0.717) is 17.1 Å². The number of hydrogen-bond donors (Lipinski definition) is 2. The van der Waals surface area contributed by atoms with Crippen LogP contribution in [0.25, 0.3) is 0 Å². The van der Waals surface area contributed by atoms with E-state index in [1.54, 1.807) is 18.2 Å². The zero-order chi connectivity index (χ0) is 14.4. The molecule has 0 aromatic heterocycles. The summed E-state index contributed by atoms with van der Waals surface area (Å²) in [6.45, 7) is 0. The van der Waals surface area contributed by atoms with Gasteiger partial charge in [-0.15, -0.1) is 0 Å². The smallest absolute Gasteiger partial charge is 0.317 e. The first-order valence-corrected chi connectivity index (χ1v) is 5.66. The molecule has 0 saturated carbocycles. The number of rotatable bonds is 7. The van der Waals surface area contributed by atoms with E-state index >= 15 is 0 Å². The molecule has 0 atom stereocenters. The maximum absolute atomic E-state index is 10.8. The van der Waals surface area contributed by atoms with Crippen molar-refractivity contribution in [2.75, 3.05) is 14.2 Å². The van der Waals surface area contributed by atoms with Gasteiger partial charge >= 0.3 is 11.9 Å². The number of benzene rings is 1. The number of carboxylic acid groups (broad SMARTS) is 2. The molecular weight excluding hydrogens is 252 g/mol. The fourth-order valence-corrected chi connectivity index (χ4v) is 1.73. The van der Waals surface area contributed by atoms with Crippen LogP contribution in [0.5, 0.6) is 11.5 Å². The second kappa shape index (κ2) is 6.63. The van der Waals surface area contributed by atoms with Crippen LogP contribution in [0, 0.1) is 5.92 Å². The van der Waals surface area contributed by atoms with Gasteiger partial charge in [0.1, 0.15) is 11.5 Å². The van der Waals surface area contributed by atoms with Gasteiger partial charge in [-0.25, -0.2) is 0 Å². The minimum absolute atomic E-state index is 0.00576. The lowest BCUT2D eigenvalue weighted by Crippen LogP contribution is -2.23. The van der Waals surface area contributed by atoms with Gasteiger partial charge < -0.3 is 19.7 Å². The molecule has 0 radical (unpaired) electrons. The van der Waals surface area contributed by atoms with E-state index in [2.05, 4.69) is 0 Å². The predicted octanol–water partition coefficient (Wildman–Crippen LogP) is 1.42. The van der Waals surface area contributed by atoms with E-state index in [0.717, 1.165) is 0 Å². The Balaban J connectivity index is 2.86. The van der Waals surface area contributed by atoms with Crippen molar-refractivity contribution in [1.82, 2.24) is 0 Å². The number of aliphatic carboxylic acids is 2. The normalized spacial score (nSPS) is 10.3. The zero-order valence-electron chi connectivity index (χ0n) is 10.8. The molecule has 0 amide bonds. The molecular formula is C13H16O6. The van der Waals surface area contributed by atoms with E-state index < -0.39 is 17.9 Å². The molecule has 1 rings (SSSR count). The molecule has 6 heteroatoms. The number of aryl methyl sites for hydroxylation is 1. The molecule has 2 N–H and O–H groups in total. The fraction of sp³-hybridized carbons (Fsp3) is 0.385. The van der Waals surface area contributed by atoms with Crippen molar-refractivity contribution in [2.45, 2.75) is 12.8 Å². The molecule has 0 bridgehead atoms. The summed E-state index contributed by atoms with van der Waals surface area (Å²) in [6, 6.07) is 5.12. The first-order valence-electron chi connectivity index (χ1n) is 5.66. The third kappa shape index (κ3) is 3.87. The first kappa shape index (κ1) is 14.8. The molecule has 0 spiro atoms. The van der Waals surface area contributed by atoms with E-state index in [9.17, 15) is 9.59 Å². The Morgan fingerprint density at radius 1 is 1.16 bits per heavy atom. The Morgan fingerprint density at radius 2 is 1.79 bits per heavy atom. The molecule has 0 aliphatic carbocycles. The van der Waals surface area contributed by atoms with Crippen LogP contribution < -0.4 is 9.47 Å². The summed E-state index contributed by atoms with van der Waals surface area (Å²) in [5.74, 6) is -2.91. The highest BCUT2D eigenvalue weighted by Gasteiger charge is 2.25. The van der Waals surface area contributed by atoms with Crippen molar-refractivity contribution in [3.05, 3.63) is 23.8 Å². The van der Waals surface area contributed by atoms with Gasteiger partial charge in [0.2, 0.25) is 0 Å². The maximum atomic E-state index is 10.8. The van der Waals surface area contributed by atoms with Gasteiger partial charge in [0.15, 0.2) is 5.92 Å². The lowest BCUT2D eigenvalue weighted by Gasteiger charge is -2.12. The molecule has 0 heterocycles. The third-order valence-electron chi connectivity index (χ3n) is 2.79. The van der Waals surface area contributed by atoms with E-state index in [4.69, 9.17) is 19.7 Å². The zero-order valence-corrected chi connectivity index (χ0v) is 10.8. The Labute approximate surface area is 110 Å². The second-order valence-electron chi connectivity index (χ2n) is 3.95. The summed E-state index contributed by atoms with van der Waals surface area (Å²) in [6.07, 6.45) is 0.276. The summed E-state index contributed by atoms with van der Waals surface area (Å²) in [7, 11) is 3.01. The molecule has 19 heavy (non-hydrogen) atoms. The van der Waals surface area contributed by atoms with Gasteiger partial charge in [-0.1, -0.05) is 0 Å². The monoisotopic (exact) mass is 268 g/mol. The average molecular weight is 268 g/mol. The molecule has 0 saturated heterocycles. The number of hydrogen-bond acceptors (Lipinski definition) is 4. The second-order valence-corrected chi connectivity index (χ2v) is 3.95. The summed E-state index contributed by atoms with van der Waals surface area (Å²) in [5.41, 5.74) is 0.717. The highest BCUT2D eigenvalue weighted by molar-refractivity contribution is 5.92.